The van der Waals surface area contributed by atoms with Crippen molar-refractivity contribution in [2.24, 2.45) is 10.2 Å². The second-order valence-corrected chi connectivity index (χ2v) is 16.2. The molecule has 4 aromatic carbocycles. The van der Waals surface area contributed by atoms with E-state index in [-0.39, 0.29) is 33.3 Å². The number of carbonyl (C=O) groups is 1. The first kappa shape index (κ1) is 43.0. The maximum absolute atomic E-state index is 13.9. The predicted octanol–water partition coefficient (Wildman–Crippen LogP) is 13.5. The van der Waals surface area contributed by atoms with Crippen LogP contribution in [0, 0.1) is 0 Å². The monoisotopic (exact) mass is 796 g/mol. The van der Waals surface area contributed by atoms with E-state index in [9.17, 15) is 22.9 Å². The first-order valence-electron chi connectivity index (χ1n) is 19.3. The average Bonchev–Trinajstić information content (AvgIpc) is 3.14. The molecule has 4 aromatic rings. The van der Waals surface area contributed by atoms with Crippen molar-refractivity contribution in [3.63, 3.8) is 0 Å². The number of azo groups is 1. The quantitative estimate of drug-likeness (QED) is 0.0389. The van der Waals surface area contributed by atoms with E-state index in [4.69, 9.17) is 23.2 Å². The van der Waals surface area contributed by atoms with E-state index < -0.39 is 16.0 Å². The van der Waals surface area contributed by atoms with Crippen LogP contribution in [0.2, 0.25) is 10.0 Å². The number of benzene rings is 4. The third-order valence-corrected chi connectivity index (χ3v) is 11.2. The fourth-order valence-corrected chi connectivity index (χ4v) is 7.58. The lowest BCUT2D eigenvalue weighted by molar-refractivity contribution is 0.102. The second kappa shape index (κ2) is 22.0. The summed E-state index contributed by atoms with van der Waals surface area (Å²) in [6.45, 7) is 2.93. The van der Waals surface area contributed by atoms with Crippen molar-refractivity contribution in [3.05, 3.63) is 82.3 Å². The summed E-state index contributed by atoms with van der Waals surface area (Å²) in [5.41, 5.74) is 1.13. The lowest BCUT2D eigenvalue weighted by Crippen LogP contribution is -2.22. The number of fused-ring (bicyclic) bond motifs is 1. The van der Waals surface area contributed by atoms with Crippen LogP contribution in [-0.2, 0) is 10.1 Å². The van der Waals surface area contributed by atoms with Gasteiger partial charge in [0.1, 0.15) is 11.4 Å². The highest BCUT2D eigenvalue weighted by atomic mass is 35.5. The summed E-state index contributed by atoms with van der Waals surface area (Å²) in [4.78, 5) is 15.4. The Labute approximate surface area is 330 Å². The Morgan fingerprint density at radius 1 is 0.722 bits per heavy atom. The van der Waals surface area contributed by atoms with Crippen LogP contribution in [0.4, 0.5) is 22.7 Å². The van der Waals surface area contributed by atoms with E-state index in [0.29, 0.717) is 33.0 Å². The van der Waals surface area contributed by atoms with Crippen molar-refractivity contribution < 1.29 is 22.9 Å². The molecule has 4 rings (SSSR count). The number of carbonyl (C=O) groups excluding carboxylic acids is 1. The Morgan fingerprint density at radius 2 is 1.26 bits per heavy atom. The minimum atomic E-state index is -4.57. The normalized spacial score (nSPS) is 11.8. The Morgan fingerprint density at radius 3 is 1.81 bits per heavy atom. The first-order chi connectivity index (χ1) is 26.0. The van der Waals surface area contributed by atoms with Crippen molar-refractivity contribution in [3.8, 4) is 5.75 Å². The number of hydrogen-bond acceptors (Lipinski definition) is 7. The number of halogens is 2. The van der Waals surface area contributed by atoms with Crippen molar-refractivity contribution in [1.29, 1.82) is 0 Å². The van der Waals surface area contributed by atoms with Gasteiger partial charge < -0.3 is 15.3 Å². The molecule has 0 aromatic heterocycles. The molecule has 0 fully saturated rings. The zero-order valence-electron chi connectivity index (χ0n) is 31.5. The second-order valence-electron chi connectivity index (χ2n) is 13.9. The molecule has 0 heterocycles. The third kappa shape index (κ3) is 13.0. The van der Waals surface area contributed by atoms with Crippen LogP contribution in [0.3, 0.4) is 0 Å². The molecular weight excluding hydrogens is 743 g/mol. The molecule has 0 saturated heterocycles. The molecule has 0 unspecified atom stereocenters. The van der Waals surface area contributed by atoms with E-state index in [2.05, 4.69) is 22.5 Å². The molecule has 0 aliphatic heterocycles. The summed E-state index contributed by atoms with van der Waals surface area (Å²) in [6.07, 6.45) is 20.4. The minimum absolute atomic E-state index is 0.114. The average molecular weight is 798 g/mol. The molecule has 1 amide bonds. The third-order valence-electron chi connectivity index (χ3n) is 9.71. The first-order valence-corrected chi connectivity index (χ1v) is 21.4. The smallest absolute Gasteiger partial charge is 0.294 e. The largest absolute Gasteiger partial charge is 0.506 e. The topological polar surface area (TPSA) is 132 Å². The van der Waals surface area contributed by atoms with Crippen molar-refractivity contribution in [1.82, 2.24) is 0 Å². The number of rotatable bonds is 23. The van der Waals surface area contributed by atoms with Gasteiger partial charge in [-0.05, 0) is 42.8 Å². The van der Waals surface area contributed by atoms with Gasteiger partial charge in [0.2, 0.25) is 0 Å². The molecule has 0 aliphatic rings. The highest BCUT2D eigenvalue weighted by molar-refractivity contribution is 7.85. The van der Waals surface area contributed by atoms with Gasteiger partial charge in [0.15, 0.2) is 0 Å². The van der Waals surface area contributed by atoms with Gasteiger partial charge in [-0.3, -0.25) is 9.35 Å². The molecule has 0 saturated carbocycles. The standard InChI is InChI=1S/C42H54Cl2N4O5S/c1-3-4-5-6-7-8-9-10-11-12-13-14-15-16-17-20-28-48(2)39-27-26-31(54(51,52)53)29-38(39)45-42(50)34-30-37(32-22-18-19-23-33(32)41(34)49)46-47-40-35(43)24-21-25-36(40)44/h18-19,21-27,29-30,49H,3-17,20,28H2,1-2H3,(H,45,50)(H,51,52,53)/b47-46+. The molecule has 12 heteroatoms. The zero-order chi connectivity index (χ0) is 38.9. The number of phenolic OH excluding ortho intramolecular Hbond substituents is 1. The molecule has 54 heavy (non-hydrogen) atoms. The Balaban J connectivity index is 1.37. The van der Waals surface area contributed by atoms with Crippen LogP contribution in [0.1, 0.15) is 120 Å². The minimum Gasteiger partial charge on any atom is -0.506 e. The Kier molecular flexibility index (Phi) is 17.5. The Hall–Kier alpha value is -3.70. The maximum Gasteiger partial charge on any atom is 0.294 e. The number of aromatic hydroxyl groups is 1. The van der Waals surface area contributed by atoms with E-state index >= 15 is 0 Å². The summed E-state index contributed by atoms with van der Waals surface area (Å²) < 4.78 is 34.0. The molecule has 292 valence electrons. The number of anilines is 2. The van der Waals surface area contributed by atoms with Gasteiger partial charge in [-0.1, -0.05) is 157 Å². The van der Waals surface area contributed by atoms with E-state index in [1.165, 1.54) is 102 Å². The number of amides is 1. The molecular formula is C42H54Cl2N4O5S. The van der Waals surface area contributed by atoms with Crippen LogP contribution >= 0.6 is 23.2 Å². The van der Waals surface area contributed by atoms with Gasteiger partial charge in [-0.25, -0.2) is 0 Å². The van der Waals surface area contributed by atoms with Crippen molar-refractivity contribution >= 4 is 72.7 Å². The van der Waals surface area contributed by atoms with E-state index in [0.717, 1.165) is 19.3 Å². The van der Waals surface area contributed by atoms with Gasteiger partial charge in [0.25, 0.3) is 16.0 Å². The van der Waals surface area contributed by atoms with Gasteiger partial charge in [-0.2, -0.15) is 8.42 Å². The predicted molar refractivity (Wildman–Crippen MR) is 223 cm³/mol. The van der Waals surface area contributed by atoms with Crippen LogP contribution in [0.5, 0.6) is 5.75 Å². The number of unbranched alkanes of at least 4 members (excludes halogenated alkanes) is 15. The number of nitrogens with zero attached hydrogens (tertiary/aromatic N) is 3. The lowest BCUT2D eigenvalue weighted by atomic mass is 10.0. The summed E-state index contributed by atoms with van der Waals surface area (Å²) in [6, 6.07) is 17.3. The van der Waals surface area contributed by atoms with Gasteiger partial charge in [0, 0.05) is 24.4 Å². The molecule has 0 bridgehead atoms. The number of nitrogens with one attached hydrogen (secondary N) is 1. The summed E-state index contributed by atoms with van der Waals surface area (Å²) in [7, 11) is -2.70. The summed E-state index contributed by atoms with van der Waals surface area (Å²) in [5.74, 6) is -0.998. The van der Waals surface area contributed by atoms with E-state index in [1.54, 1.807) is 48.5 Å². The number of phenols is 1. The molecule has 0 spiro atoms. The van der Waals surface area contributed by atoms with Crippen LogP contribution in [-0.4, -0.2) is 37.6 Å². The molecule has 0 atom stereocenters. The van der Waals surface area contributed by atoms with Gasteiger partial charge in [0.05, 0.1) is 37.6 Å². The maximum atomic E-state index is 13.9. The van der Waals surface area contributed by atoms with Crippen LogP contribution in [0.15, 0.2) is 81.9 Å². The summed E-state index contributed by atoms with van der Waals surface area (Å²) >= 11 is 12.6. The van der Waals surface area contributed by atoms with E-state index in [1.807, 2.05) is 11.9 Å². The fourth-order valence-electron chi connectivity index (χ4n) is 6.60. The van der Waals surface area contributed by atoms with Gasteiger partial charge in [-0.15, -0.1) is 10.2 Å². The number of hydrogen-bond donors (Lipinski definition) is 3. The molecule has 0 radical (unpaired) electrons. The highest BCUT2D eigenvalue weighted by Gasteiger charge is 2.21. The highest BCUT2D eigenvalue weighted by Crippen LogP contribution is 2.40. The molecule has 3 N–H and O–H groups in total. The SMILES string of the molecule is CCCCCCCCCCCCCCCCCCN(C)c1ccc(S(=O)(=O)O)cc1NC(=O)c1cc(/N=N/c2c(Cl)cccc2Cl)c2ccccc2c1O. The zero-order valence-corrected chi connectivity index (χ0v) is 33.8. The molecule has 0 aliphatic carbocycles. The summed E-state index contributed by atoms with van der Waals surface area (Å²) in [5, 5.41) is 24.1. The fraction of sp³-hybridized carbons (Fsp3) is 0.452. The van der Waals surface area contributed by atoms with Crippen molar-refractivity contribution in [2.75, 3.05) is 23.8 Å². The Bertz CT molecular complexity index is 1950. The molecule has 9 nitrogen and oxygen atoms in total. The lowest BCUT2D eigenvalue weighted by Gasteiger charge is -2.23. The van der Waals surface area contributed by atoms with Crippen molar-refractivity contribution in [2.45, 2.75) is 115 Å². The van der Waals surface area contributed by atoms with Crippen LogP contribution in [0.25, 0.3) is 10.8 Å². The van der Waals surface area contributed by atoms with Gasteiger partial charge >= 0.3 is 0 Å². The van der Waals surface area contributed by atoms with Crippen LogP contribution < -0.4 is 10.2 Å².